The molecule has 1 aliphatic carbocycles. The molecule has 94 valence electrons. The number of rotatable bonds is 3. The lowest BCUT2D eigenvalue weighted by Crippen LogP contribution is -2.38. The van der Waals surface area contributed by atoms with Crippen molar-refractivity contribution in [1.29, 1.82) is 0 Å². The summed E-state index contributed by atoms with van der Waals surface area (Å²) in [4.78, 5) is 0. The van der Waals surface area contributed by atoms with E-state index in [4.69, 9.17) is 0 Å². The van der Waals surface area contributed by atoms with Crippen molar-refractivity contribution in [3.05, 3.63) is 29.8 Å². The molecule has 0 radical (unpaired) electrons. The van der Waals surface area contributed by atoms with Crippen LogP contribution in [0, 0.1) is 0 Å². The van der Waals surface area contributed by atoms with E-state index in [0.29, 0.717) is 12.3 Å². The first kappa shape index (κ1) is 12.4. The normalized spacial score (nSPS) is 25.5. The van der Waals surface area contributed by atoms with E-state index >= 15 is 0 Å². The van der Waals surface area contributed by atoms with Gasteiger partial charge in [0.1, 0.15) is 5.75 Å². The fourth-order valence-corrected chi connectivity index (χ4v) is 2.44. The number of aliphatic hydroxyl groups excluding tert-OH is 1. The van der Waals surface area contributed by atoms with E-state index in [0.717, 1.165) is 24.8 Å². The number of phenolic OH excluding ortho intramolecular Hbond substituents is 1. The molecule has 2 rings (SSSR count). The minimum absolute atomic E-state index is 0.194. The zero-order valence-corrected chi connectivity index (χ0v) is 10.1. The van der Waals surface area contributed by atoms with Crippen LogP contribution in [0.2, 0.25) is 0 Å². The lowest BCUT2D eigenvalue weighted by molar-refractivity contribution is 0.119. The first-order valence-electron chi connectivity index (χ1n) is 6.45. The molecule has 0 spiro atoms. The maximum atomic E-state index is 9.97. The first-order chi connectivity index (χ1) is 8.25. The van der Waals surface area contributed by atoms with Gasteiger partial charge in [0.15, 0.2) is 0 Å². The Balaban J connectivity index is 1.88. The molecule has 3 N–H and O–H groups in total. The molecule has 1 saturated carbocycles. The predicted molar refractivity (Wildman–Crippen MR) is 67.8 cm³/mol. The maximum Gasteiger partial charge on any atom is 0.115 e. The quantitative estimate of drug-likeness (QED) is 0.704. The summed E-state index contributed by atoms with van der Waals surface area (Å²) < 4.78 is 0. The van der Waals surface area contributed by atoms with Crippen LogP contribution in [-0.2, 0) is 6.54 Å². The van der Waals surface area contributed by atoms with Gasteiger partial charge < -0.3 is 15.5 Å². The van der Waals surface area contributed by atoms with Gasteiger partial charge in [-0.2, -0.15) is 0 Å². The average molecular weight is 235 g/mol. The number of phenols is 1. The van der Waals surface area contributed by atoms with Gasteiger partial charge in [-0.3, -0.25) is 0 Å². The molecule has 0 heterocycles. The number of aliphatic hydroxyl groups is 1. The summed E-state index contributed by atoms with van der Waals surface area (Å²) in [5.74, 6) is 0.297. The monoisotopic (exact) mass is 235 g/mol. The minimum Gasteiger partial charge on any atom is -0.508 e. The summed E-state index contributed by atoms with van der Waals surface area (Å²) in [6.45, 7) is 0.704. The van der Waals surface area contributed by atoms with Crippen LogP contribution < -0.4 is 5.32 Å². The molecule has 1 aliphatic rings. The van der Waals surface area contributed by atoms with Crippen LogP contribution in [0.3, 0.4) is 0 Å². The van der Waals surface area contributed by atoms with Crippen molar-refractivity contribution in [3.63, 3.8) is 0 Å². The summed E-state index contributed by atoms with van der Waals surface area (Å²) in [6, 6.07) is 7.45. The van der Waals surface area contributed by atoms with Crippen molar-refractivity contribution in [2.24, 2.45) is 0 Å². The third-order valence-corrected chi connectivity index (χ3v) is 3.46. The highest BCUT2D eigenvalue weighted by Gasteiger charge is 2.20. The van der Waals surface area contributed by atoms with E-state index in [2.05, 4.69) is 5.32 Å². The summed E-state index contributed by atoms with van der Waals surface area (Å²) in [5, 5.41) is 22.7. The highest BCUT2D eigenvalue weighted by molar-refractivity contribution is 5.26. The zero-order chi connectivity index (χ0) is 12.1. The topological polar surface area (TPSA) is 52.5 Å². The van der Waals surface area contributed by atoms with Crippen molar-refractivity contribution in [1.82, 2.24) is 5.32 Å². The number of hydrogen-bond acceptors (Lipinski definition) is 3. The number of nitrogens with one attached hydrogen (secondary N) is 1. The standard InChI is InChI=1S/C14H21NO2/c16-12-6-4-5-11(9-12)10-15-13-7-2-1-3-8-14(13)17/h4-6,9,13-17H,1-3,7-8,10H2. The Morgan fingerprint density at radius 2 is 2.00 bits per heavy atom. The molecule has 3 heteroatoms. The molecule has 0 amide bonds. The predicted octanol–water partition coefficient (Wildman–Crippen LogP) is 2.18. The molecule has 0 aromatic heterocycles. The highest BCUT2D eigenvalue weighted by Crippen LogP contribution is 2.19. The third kappa shape index (κ3) is 3.72. The van der Waals surface area contributed by atoms with E-state index in [1.165, 1.54) is 12.8 Å². The Hall–Kier alpha value is -1.06. The summed E-state index contributed by atoms with van der Waals surface area (Å²) in [6.07, 6.45) is 5.26. The molecule has 1 fully saturated rings. The summed E-state index contributed by atoms with van der Waals surface area (Å²) in [5.41, 5.74) is 1.06. The Bertz CT molecular complexity index is 354. The molecule has 17 heavy (non-hydrogen) atoms. The van der Waals surface area contributed by atoms with E-state index in [9.17, 15) is 10.2 Å². The third-order valence-electron chi connectivity index (χ3n) is 3.46. The first-order valence-corrected chi connectivity index (χ1v) is 6.45. The molecule has 3 nitrogen and oxygen atoms in total. The van der Waals surface area contributed by atoms with Crippen LogP contribution in [0.5, 0.6) is 5.75 Å². The van der Waals surface area contributed by atoms with Gasteiger partial charge in [-0.05, 0) is 30.5 Å². The fourth-order valence-electron chi connectivity index (χ4n) is 2.44. The minimum atomic E-state index is -0.227. The number of hydrogen-bond donors (Lipinski definition) is 3. The van der Waals surface area contributed by atoms with Crippen molar-refractivity contribution in [2.75, 3.05) is 0 Å². The molecule has 1 aromatic rings. The number of aromatic hydroxyl groups is 1. The Morgan fingerprint density at radius 1 is 1.18 bits per heavy atom. The van der Waals surface area contributed by atoms with Gasteiger partial charge in [0.2, 0.25) is 0 Å². The summed E-state index contributed by atoms with van der Waals surface area (Å²) in [7, 11) is 0. The van der Waals surface area contributed by atoms with E-state index in [1.807, 2.05) is 12.1 Å². The second-order valence-electron chi connectivity index (χ2n) is 4.86. The molecular formula is C14H21NO2. The Labute approximate surface area is 102 Å². The lowest BCUT2D eigenvalue weighted by Gasteiger charge is -2.21. The maximum absolute atomic E-state index is 9.97. The largest absolute Gasteiger partial charge is 0.508 e. The lowest BCUT2D eigenvalue weighted by atomic mass is 10.1. The molecule has 0 bridgehead atoms. The van der Waals surface area contributed by atoms with Crippen LogP contribution in [0.4, 0.5) is 0 Å². The average Bonchev–Trinajstić information content (AvgIpc) is 2.52. The second-order valence-corrected chi connectivity index (χ2v) is 4.86. The Kier molecular flexibility index (Phi) is 4.40. The number of benzene rings is 1. The molecular weight excluding hydrogens is 214 g/mol. The van der Waals surface area contributed by atoms with Crippen molar-refractivity contribution >= 4 is 0 Å². The smallest absolute Gasteiger partial charge is 0.115 e. The van der Waals surface area contributed by atoms with Crippen LogP contribution in [0.25, 0.3) is 0 Å². The van der Waals surface area contributed by atoms with Gasteiger partial charge in [0.05, 0.1) is 6.10 Å². The van der Waals surface area contributed by atoms with Gasteiger partial charge in [0, 0.05) is 12.6 Å². The van der Waals surface area contributed by atoms with E-state index < -0.39 is 0 Å². The van der Waals surface area contributed by atoms with Crippen LogP contribution in [0.15, 0.2) is 24.3 Å². The van der Waals surface area contributed by atoms with Gasteiger partial charge in [-0.15, -0.1) is 0 Å². The molecule has 1 aromatic carbocycles. The Morgan fingerprint density at radius 3 is 2.82 bits per heavy atom. The molecule has 0 aliphatic heterocycles. The SMILES string of the molecule is Oc1cccc(CNC2CCCCCC2O)c1. The van der Waals surface area contributed by atoms with Crippen molar-refractivity contribution in [2.45, 2.75) is 50.8 Å². The molecule has 0 saturated heterocycles. The summed E-state index contributed by atoms with van der Waals surface area (Å²) >= 11 is 0. The van der Waals surface area contributed by atoms with Crippen LogP contribution in [-0.4, -0.2) is 22.4 Å². The van der Waals surface area contributed by atoms with Gasteiger partial charge in [-0.25, -0.2) is 0 Å². The van der Waals surface area contributed by atoms with Crippen LogP contribution >= 0.6 is 0 Å². The fraction of sp³-hybridized carbons (Fsp3) is 0.571. The zero-order valence-electron chi connectivity index (χ0n) is 10.1. The van der Waals surface area contributed by atoms with Crippen molar-refractivity contribution < 1.29 is 10.2 Å². The van der Waals surface area contributed by atoms with E-state index in [-0.39, 0.29) is 12.1 Å². The van der Waals surface area contributed by atoms with Crippen LogP contribution in [0.1, 0.15) is 37.7 Å². The van der Waals surface area contributed by atoms with Gasteiger partial charge in [-0.1, -0.05) is 31.4 Å². The highest BCUT2D eigenvalue weighted by atomic mass is 16.3. The molecule has 2 unspecified atom stereocenters. The van der Waals surface area contributed by atoms with Gasteiger partial charge in [0.25, 0.3) is 0 Å². The van der Waals surface area contributed by atoms with E-state index in [1.54, 1.807) is 12.1 Å². The molecule has 2 atom stereocenters. The van der Waals surface area contributed by atoms with Crippen molar-refractivity contribution in [3.8, 4) is 5.75 Å². The second kappa shape index (κ2) is 6.03. The van der Waals surface area contributed by atoms with Gasteiger partial charge >= 0.3 is 0 Å².